The van der Waals surface area contributed by atoms with E-state index in [0.29, 0.717) is 17.1 Å². The molecule has 10 heteroatoms. The van der Waals surface area contributed by atoms with Crippen molar-refractivity contribution in [3.63, 3.8) is 0 Å². The molecule has 1 amide bonds. The molecule has 30 heavy (non-hydrogen) atoms. The number of carbonyl (C=O) groups is 1. The number of likely N-dealkylation sites (tertiary alicyclic amines) is 1. The fraction of sp³-hybridized carbons (Fsp3) is 0.350. The van der Waals surface area contributed by atoms with Gasteiger partial charge in [-0.15, -0.1) is 0 Å². The van der Waals surface area contributed by atoms with Crippen molar-refractivity contribution in [3.05, 3.63) is 52.5 Å². The molecule has 0 bridgehead atoms. The molecule has 1 fully saturated rings. The SMILES string of the molecule is COc1ccc(CNS(=O)(=O)c2cc(C3(O)CCC(=O)N3C)ccc2Cl)c(OC)c1. The number of amides is 1. The molecule has 0 radical (unpaired) electrons. The third-order valence-corrected chi connectivity index (χ3v) is 7.13. The first-order valence-corrected chi connectivity index (χ1v) is 11.0. The molecule has 1 aliphatic rings. The van der Waals surface area contributed by atoms with Gasteiger partial charge in [0, 0.05) is 43.6 Å². The Bertz CT molecular complexity index is 1070. The van der Waals surface area contributed by atoms with Gasteiger partial charge in [-0.25, -0.2) is 13.1 Å². The second-order valence-electron chi connectivity index (χ2n) is 6.92. The number of rotatable bonds is 7. The number of sulfonamides is 1. The third-order valence-electron chi connectivity index (χ3n) is 5.25. The molecule has 2 aromatic rings. The summed E-state index contributed by atoms with van der Waals surface area (Å²) < 4.78 is 38.8. The van der Waals surface area contributed by atoms with E-state index >= 15 is 0 Å². The largest absolute Gasteiger partial charge is 0.497 e. The van der Waals surface area contributed by atoms with Crippen LogP contribution in [0.3, 0.4) is 0 Å². The maximum atomic E-state index is 12.9. The highest BCUT2D eigenvalue weighted by Crippen LogP contribution is 2.38. The normalized spacial score (nSPS) is 19.2. The van der Waals surface area contributed by atoms with Crippen LogP contribution in [-0.4, -0.2) is 45.6 Å². The van der Waals surface area contributed by atoms with Crippen LogP contribution in [0, 0.1) is 0 Å². The maximum absolute atomic E-state index is 12.9. The number of benzene rings is 2. The molecule has 0 aromatic heterocycles. The number of nitrogens with zero attached hydrogens (tertiary/aromatic N) is 1. The summed E-state index contributed by atoms with van der Waals surface area (Å²) >= 11 is 6.16. The second-order valence-corrected chi connectivity index (χ2v) is 9.06. The minimum atomic E-state index is -4.02. The van der Waals surface area contributed by atoms with E-state index in [0.717, 1.165) is 0 Å². The van der Waals surface area contributed by atoms with E-state index in [1.165, 1.54) is 44.4 Å². The molecule has 3 rings (SSSR count). The Kier molecular flexibility index (Phi) is 6.28. The van der Waals surface area contributed by atoms with Crippen LogP contribution in [0.2, 0.25) is 5.02 Å². The minimum Gasteiger partial charge on any atom is -0.497 e. The molecule has 1 saturated heterocycles. The highest BCUT2D eigenvalue weighted by atomic mass is 35.5. The quantitative estimate of drug-likeness (QED) is 0.664. The zero-order valence-corrected chi connectivity index (χ0v) is 18.4. The van der Waals surface area contributed by atoms with Crippen molar-refractivity contribution in [1.29, 1.82) is 0 Å². The molecule has 0 aliphatic carbocycles. The first-order chi connectivity index (χ1) is 14.1. The van der Waals surface area contributed by atoms with E-state index in [1.807, 2.05) is 0 Å². The van der Waals surface area contributed by atoms with E-state index in [2.05, 4.69) is 4.72 Å². The standard InChI is InChI=1S/C20H23ClN2O6S/c1-23-19(24)8-9-20(23,25)14-5-7-16(21)18(10-14)30(26,27)22-12-13-4-6-15(28-2)11-17(13)29-3/h4-7,10-11,22,25H,8-9,12H2,1-3H3. The van der Waals surface area contributed by atoms with Gasteiger partial charge in [0.25, 0.3) is 0 Å². The number of hydrogen-bond acceptors (Lipinski definition) is 6. The summed E-state index contributed by atoms with van der Waals surface area (Å²) in [5, 5.41) is 10.9. The summed E-state index contributed by atoms with van der Waals surface area (Å²) in [4.78, 5) is 12.9. The molecular formula is C20H23ClN2O6S. The Morgan fingerprint density at radius 3 is 2.53 bits per heavy atom. The van der Waals surface area contributed by atoms with Gasteiger partial charge in [-0.2, -0.15) is 0 Å². The summed E-state index contributed by atoms with van der Waals surface area (Å²) in [6.07, 6.45) is 0.340. The zero-order valence-electron chi connectivity index (χ0n) is 16.8. The van der Waals surface area contributed by atoms with Gasteiger partial charge in [0.05, 0.1) is 19.2 Å². The van der Waals surface area contributed by atoms with Gasteiger partial charge in [-0.05, 0) is 18.2 Å². The lowest BCUT2D eigenvalue weighted by Crippen LogP contribution is -2.40. The van der Waals surface area contributed by atoms with Gasteiger partial charge in [0.2, 0.25) is 15.9 Å². The summed E-state index contributed by atoms with van der Waals surface area (Å²) in [7, 11) is 0.458. The van der Waals surface area contributed by atoms with Gasteiger partial charge >= 0.3 is 0 Å². The average Bonchev–Trinajstić information content (AvgIpc) is 3.00. The first-order valence-electron chi connectivity index (χ1n) is 9.12. The molecule has 8 nitrogen and oxygen atoms in total. The fourth-order valence-corrected chi connectivity index (χ4v) is 4.90. The Morgan fingerprint density at radius 1 is 1.20 bits per heavy atom. The molecule has 0 saturated carbocycles. The number of hydrogen-bond donors (Lipinski definition) is 2. The Balaban J connectivity index is 1.89. The van der Waals surface area contributed by atoms with Crippen LogP contribution in [0.5, 0.6) is 11.5 Å². The number of ether oxygens (including phenoxy) is 2. The fourth-order valence-electron chi connectivity index (χ4n) is 3.37. The first kappa shape index (κ1) is 22.4. The lowest BCUT2D eigenvalue weighted by atomic mass is 10.0. The monoisotopic (exact) mass is 454 g/mol. The summed E-state index contributed by atoms with van der Waals surface area (Å²) in [5.74, 6) is 0.830. The Hall–Kier alpha value is -2.33. The minimum absolute atomic E-state index is 0.00326. The molecule has 162 valence electrons. The number of halogens is 1. The Labute approximate surface area is 180 Å². The van der Waals surface area contributed by atoms with Crippen LogP contribution in [0.1, 0.15) is 24.0 Å². The van der Waals surface area contributed by atoms with Gasteiger partial charge in [0.15, 0.2) is 5.72 Å². The van der Waals surface area contributed by atoms with Crippen molar-refractivity contribution in [2.75, 3.05) is 21.3 Å². The van der Waals surface area contributed by atoms with Crippen LogP contribution in [0.15, 0.2) is 41.3 Å². The van der Waals surface area contributed by atoms with Gasteiger partial charge in [0.1, 0.15) is 16.4 Å². The van der Waals surface area contributed by atoms with Gasteiger partial charge < -0.3 is 19.5 Å². The molecule has 2 N–H and O–H groups in total. The number of methoxy groups -OCH3 is 2. The zero-order chi connectivity index (χ0) is 22.1. The number of nitrogens with one attached hydrogen (secondary N) is 1. The maximum Gasteiger partial charge on any atom is 0.242 e. The number of aliphatic hydroxyl groups is 1. The van der Waals surface area contributed by atoms with Gasteiger partial charge in [-0.1, -0.05) is 23.7 Å². The van der Waals surface area contributed by atoms with Crippen molar-refractivity contribution in [1.82, 2.24) is 9.62 Å². The molecular weight excluding hydrogens is 432 g/mol. The Morgan fingerprint density at radius 2 is 1.93 bits per heavy atom. The van der Waals surface area contributed by atoms with E-state index in [1.54, 1.807) is 18.2 Å². The van der Waals surface area contributed by atoms with E-state index < -0.39 is 15.7 Å². The van der Waals surface area contributed by atoms with E-state index in [9.17, 15) is 18.3 Å². The van der Waals surface area contributed by atoms with E-state index in [4.69, 9.17) is 21.1 Å². The summed E-state index contributed by atoms with van der Waals surface area (Å²) in [5.41, 5.74) is -0.693. The third kappa shape index (κ3) is 4.11. The van der Waals surface area contributed by atoms with Crippen LogP contribution in [0.25, 0.3) is 0 Å². The summed E-state index contributed by atoms with van der Waals surface area (Å²) in [6, 6.07) is 9.25. The highest BCUT2D eigenvalue weighted by molar-refractivity contribution is 7.89. The predicted molar refractivity (Wildman–Crippen MR) is 111 cm³/mol. The van der Waals surface area contributed by atoms with Crippen molar-refractivity contribution in [3.8, 4) is 11.5 Å². The molecule has 1 aliphatic heterocycles. The number of carbonyl (C=O) groups excluding carboxylic acids is 1. The molecule has 0 spiro atoms. The molecule has 1 unspecified atom stereocenters. The van der Waals surface area contributed by atoms with Crippen molar-refractivity contribution < 1.29 is 27.8 Å². The molecule has 1 atom stereocenters. The lowest BCUT2D eigenvalue weighted by molar-refractivity contribution is -0.142. The van der Waals surface area contributed by atoms with Crippen LogP contribution in [-0.2, 0) is 27.1 Å². The van der Waals surface area contributed by atoms with Crippen molar-refractivity contribution >= 4 is 27.5 Å². The second kappa shape index (κ2) is 8.43. The highest BCUT2D eigenvalue weighted by Gasteiger charge is 2.43. The topological polar surface area (TPSA) is 105 Å². The predicted octanol–water partition coefficient (Wildman–Crippen LogP) is 2.23. The average molecular weight is 455 g/mol. The van der Waals surface area contributed by atoms with Crippen LogP contribution >= 0.6 is 11.6 Å². The van der Waals surface area contributed by atoms with Gasteiger partial charge in [-0.3, -0.25) is 4.79 Å². The van der Waals surface area contributed by atoms with Crippen molar-refractivity contribution in [2.24, 2.45) is 0 Å². The molecule has 2 aromatic carbocycles. The van der Waals surface area contributed by atoms with E-state index in [-0.39, 0.29) is 40.8 Å². The van der Waals surface area contributed by atoms with Crippen LogP contribution < -0.4 is 14.2 Å². The lowest BCUT2D eigenvalue weighted by Gasteiger charge is -2.31. The smallest absolute Gasteiger partial charge is 0.242 e. The molecule has 1 heterocycles. The van der Waals surface area contributed by atoms with Crippen molar-refractivity contribution in [2.45, 2.75) is 30.0 Å². The van der Waals surface area contributed by atoms with Crippen LogP contribution in [0.4, 0.5) is 0 Å². The summed E-state index contributed by atoms with van der Waals surface area (Å²) in [6.45, 7) is -0.0429.